The first-order valence-corrected chi connectivity index (χ1v) is 8.24. The molecule has 0 saturated heterocycles. The molecule has 2 heterocycles. The maximum atomic E-state index is 12.1. The van der Waals surface area contributed by atoms with Gasteiger partial charge in [0.1, 0.15) is 0 Å². The van der Waals surface area contributed by atoms with E-state index in [4.69, 9.17) is 0 Å². The predicted molar refractivity (Wildman–Crippen MR) is 94.8 cm³/mol. The van der Waals surface area contributed by atoms with Crippen molar-refractivity contribution < 1.29 is 0 Å². The minimum absolute atomic E-state index is 0.203. The van der Waals surface area contributed by atoms with E-state index in [1.807, 2.05) is 30.5 Å². The third-order valence-electron chi connectivity index (χ3n) is 4.06. The number of nitrogens with zero attached hydrogens (tertiary/aromatic N) is 3. The average molecular weight is 327 g/mol. The zero-order valence-electron chi connectivity index (χ0n) is 14.1. The lowest BCUT2D eigenvalue weighted by Crippen LogP contribution is -2.29. The van der Waals surface area contributed by atoms with E-state index in [1.54, 1.807) is 0 Å². The molecule has 0 radical (unpaired) electrons. The fourth-order valence-electron chi connectivity index (χ4n) is 2.87. The largest absolute Gasteiger partial charge is 0.385 e. The predicted octanol–water partition coefficient (Wildman–Crippen LogP) is 2.12. The van der Waals surface area contributed by atoms with Gasteiger partial charge >= 0.3 is 5.69 Å². The quantitative estimate of drug-likeness (QED) is 0.700. The van der Waals surface area contributed by atoms with Crippen LogP contribution in [0.2, 0.25) is 0 Å². The number of nitrogens with one attached hydrogen (secondary N) is 2. The summed E-state index contributed by atoms with van der Waals surface area (Å²) in [6.07, 6.45) is 1.92. The van der Waals surface area contributed by atoms with Gasteiger partial charge in [-0.3, -0.25) is 9.78 Å². The monoisotopic (exact) mass is 327 g/mol. The van der Waals surface area contributed by atoms with Crippen LogP contribution >= 0.6 is 0 Å². The average Bonchev–Trinajstić information content (AvgIpc) is 2.53. The van der Waals surface area contributed by atoms with Gasteiger partial charge in [0, 0.05) is 18.8 Å². The summed E-state index contributed by atoms with van der Waals surface area (Å²) in [7, 11) is 0. The van der Waals surface area contributed by atoms with E-state index < -0.39 is 11.2 Å². The highest BCUT2D eigenvalue weighted by Gasteiger charge is 2.19. The minimum Gasteiger partial charge on any atom is -0.385 e. The highest BCUT2D eigenvalue weighted by molar-refractivity contribution is 5.84. The molecule has 0 saturated carbocycles. The van der Waals surface area contributed by atoms with Crippen molar-refractivity contribution in [1.29, 1.82) is 0 Å². The lowest BCUT2D eigenvalue weighted by molar-refractivity contribution is 0.638. The smallest absolute Gasteiger partial charge is 0.349 e. The molecule has 24 heavy (non-hydrogen) atoms. The molecule has 7 nitrogen and oxygen atoms in total. The number of hydrogen-bond donors (Lipinski definition) is 2. The van der Waals surface area contributed by atoms with Crippen molar-refractivity contribution in [1.82, 2.24) is 19.5 Å². The summed E-state index contributed by atoms with van der Waals surface area (Å²) in [5.41, 5.74) is 2.74. The second kappa shape index (κ2) is 6.43. The Kier molecular flexibility index (Phi) is 4.33. The molecular formula is C17H21N5O2. The van der Waals surface area contributed by atoms with Crippen LogP contribution in [0.1, 0.15) is 32.3 Å². The van der Waals surface area contributed by atoms with E-state index >= 15 is 0 Å². The fourth-order valence-corrected chi connectivity index (χ4v) is 2.87. The zero-order valence-corrected chi connectivity index (χ0v) is 14.1. The van der Waals surface area contributed by atoms with Gasteiger partial charge in [-0.1, -0.05) is 13.3 Å². The summed E-state index contributed by atoms with van der Waals surface area (Å²) in [5, 5.41) is 3.33. The summed E-state index contributed by atoms with van der Waals surface area (Å²) >= 11 is 0. The Hall–Kier alpha value is -2.70. The molecule has 126 valence electrons. The summed E-state index contributed by atoms with van der Waals surface area (Å²) < 4.78 is 1.93. The normalized spacial score (nSPS) is 11.3. The van der Waals surface area contributed by atoms with E-state index in [9.17, 15) is 9.59 Å². The van der Waals surface area contributed by atoms with Crippen molar-refractivity contribution in [3.8, 4) is 11.5 Å². The summed E-state index contributed by atoms with van der Waals surface area (Å²) in [5.74, 6) is 0.344. The van der Waals surface area contributed by atoms with Gasteiger partial charge in [0.2, 0.25) is 0 Å². The van der Waals surface area contributed by atoms with Crippen molar-refractivity contribution in [2.45, 2.75) is 40.2 Å². The lowest BCUT2D eigenvalue weighted by Gasteiger charge is -2.18. The van der Waals surface area contributed by atoms with Crippen molar-refractivity contribution in [3.63, 3.8) is 0 Å². The van der Waals surface area contributed by atoms with Crippen LogP contribution in [0, 0.1) is 6.92 Å². The third-order valence-corrected chi connectivity index (χ3v) is 4.06. The third kappa shape index (κ3) is 2.77. The second-order valence-corrected chi connectivity index (χ2v) is 5.85. The lowest BCUT2D eigenvalue weighted by atomic mass is 10.1. The van der Waals surface area contributed by atoms with Gasteiger partial charge in [-0.2, -0.15) is 4.98 Å². The fraction of sp³-hybridized carbons (Fsp3) is 0.412. The number of unbranched alkanes of at least 4 members (excludes halogenated alkanes) is 1. The molecule has 3 rings (SSSR count). The Labute approximate surface area is 139 Å². The van der Waals surface area contributed by atoms with Crippen LogP contribution < -0.4 is 16.6 Å². The van der Waals surface area contributed by atoms with E-state index in [-0.39, 0.29) is 5.69 Å². The molecule has 2 aliphatic heterocycles. The van der Waals surface area contributed by atoms with E-state index in [1.165, 1.54) is 0 Å². The molecule has 0 aromatic heterocycles. The van der Waals surface area contributed by atoms with Crippen molar-refractivity contribution >= 4 is 16.7 Å². The molecule has 0 fully saturated rings. The number of anilines is 1. The van der Waals surface area contributed by atoms with Gasteiger partial charge in [0.05, 0.1) is 11.0 Å². The van der Waals surface area contributed by atoms with Crippen LogP contribution in [0.5, 0.6) is 0 Å². The molecule has 2 aliphatic rings. The Balaban J connectivity index is 2.41. The number of fused-ring (bicyclic) bond motifs is 2. The number of aromatic amines is 1. The molecule has 2 N–H and O–H groups in total. The second-order valence-electron chi connectivity index (χ2n) is 5.85. The molecule has 0 amide bonds. The van der Waals surface area contributed by atoms with Crippen LogP contribution in [-0.4, -0.2) is 26.1 Å². The van der Waals surface area contributed by atoms with E-state index in [0.29, 0.717) is 12.4 Å². The van der Waals surface area contributed by atoms with Crippen LogP contribution in [0.15, 0.2) is 21.7 Å². The minimum atomic E-state index is -0.641. The Morgan fingerprint density at radius 2 is 2.00 bits per heavy atom. The number of aromatic nitrogens is 4. The highest BCUT2D eigenvalue weighted by Crippen LogP contribution is 2.26. The van der Waals surface area contributed by atoms with Crippen LogP contribution in [-0.2, 0) is 6.54 Å². The van der Waals surface area contributed by atoms with Gasteiger partial charge in [-0.15, -0.1) is 0 Å². The maximum absolute atomic E-state index is 12.1. The Morgan fingerprint density at radius 1 is 1.21 bits per heavy atom. The highest BCUT2D eigenvalue weighted by atomic mass is 16.2. The first kappa shape index (κ1) is 16.2. The van der Waals surface area contributed by atoms with Gasteiger partial charge in [0.25, 0.3) is 5.56 Å². The van der Waals surface area contributed by atoms with Gasteiger partial charge in [-0.25, -0.2) is 9.78 Å². The zero-order chi connectivity index (χ0) is 17.3. The molecule has 0 spiro atoms. The van der Waals surface area contributed by atoms with Crippen LogP contribution in [0.25, 0.3) is 22.6 Å². The first-order chi connectivity index (χ1) is 11.5. The summed E-state index contributed by atoms with van der Waals surface area (Å²) in [6, 6.07) is 3.98. The molecule has 0 bridgehead atoms. The van der Waals surface area contributed by atoms with E-state index in [2.05, 4.69) is 27.2 Å². The van der Waals surface area contributed by atoms with Crippen molar-refractivity contribution in [3.05, 3.63) is 38.5 Å². The standard InChI is InChI=1S/C17H21N5O2/c1-4-6-7-22-13-9-11(18-5-2)10(3)8-12(13)19-14-15(22)20-17(24)21-16(14)23/h8-9,18H,4-7H2,1-3H3,(H,21,23,24). The Morgan fingerprint density at radius 3 is 2.71 bits per heavy atom. The molecule has 1 aromatic carbocycles. The molecular weight excluding hydrogens is 306 g/mol. The van der Waals surface area contributed by atoms with Gasteiger partial charge in [0.15, 0.2) is 11.5 Å². The van der Waals surface area contributed by atoms with Gasteiger partial charge < -0.3 is 9.88 Å². The summed E-state index contributed by atoms with van der Waals surface area (Å²) in [6.45, 7) is 7.63. The first-order valence-electron chi connectivity index (χ1n) is 8.24. The molecule has 0 unspecified atom stereocenters. The van der Waals surface area contributed by atoms with Crippen molar-refractivity contribution in [2.24, 2.45) is 0 Å². The van der Waals surface area contributed by atoms with Gasteiger partial charge in [-0.05, 0) is 38.0 Å². The SMILES string of the molecule is CCCCn1c2nc(=O)[nH]c(=O)c-2nc2cc(C)c(NCC)cc21. The molecule has 0 atom stereocenters. The molecule has 0 aliphatic carbocycles. The number of benzene rings is 1. The molecule has 1 aromatic rings. The number of aryl methyl sites for hydroxylation is 2. The summed E-state index contributed by atoms with van der Waals surface area (Å²) in [4.78, 5) is 34.5. The van der Waals surface area contributed by atoms with Crippen molar-refractivity contribution in [2.75, 3.05) is 11.9 Å². The maximum Gasteiger partial charge on any atom is 0.349 e. The number of H-pyrrole nitrogens is 1. The molecule has 7 heteroatoms. The number of hydrogen-bond acceptors (Lipinski definition) is 5. The van der Waals surface area contributed by atoms with Crippen LogP contribution in [0.3, 0.4) is 0 Å². The van der Waals surface area contributed by atoms with E-state index in [0.717, 1.165) is 41.7 Å². The van der Waals surface area contributed by atoms with Crippen LogP contribution in [0.4, 0.5) is 5.69 Å². The topological polar surface area (TPSA) is 92.7 Å². The number of rotatable bonds is 5. The Bertz CT molecular complexity index is 973.